The molecule has 2 rings (SSSR count). The Hall–Kier alpha value is -2.35. The van der Waals surface area contributed by atoms with Crippen molar-refractivity contribution in [1.82, 2.24) is 5.16 Å². The van der Waals surface area contributed by atoms with Crippen molar-refractivity contribution >= 4 is 15.8 Å². The lowest BCUT2D eigenvalue weighted by Gasteiger charge is -2.05. The fourth-order valence-corrected chi connectivity index (χ4v) is 3.17. The van der Waals surface area contributed by atoms with Crippen molar-refractivity contribution in [2.45, 2.75) is 23.8 Å². The van der Waals surface area contributed by atoms with Crippen LogP contribution in [0.15, 0.2) is 38.8 Å². The SMILES string of the molecule is CCOC(=O)c1c(C)noc1S(=O)(=O)c1ccc(OC)cc1. The molecule has 0 aliphatic heterocycles. The van der Waals surface area contributed by atoms with E-state index in [0.717, 1.165) is 0 Å². The quantitative estimate of drug-likeness (QED) is 0.776. The van der Waals surface area contributed by atoms with Gasteiger partial charge in [-0.1, -0.05) is 5.16 Å². The molecule has 0 saturated carbocycles. The monoisotopic (exact) mass is 325 g/mol. The highest BCUT2D eigenvalue weighted by atomic mass is 32.2. The van der Waals surface area contributed by atoms with Gasteiger partial charge in [0, 0.05) is 0 Å². The largest absolute Gasteiger partial charge is 0.497 e. The van der Waals surface area contributed by atoms with Gasteiger partial charge in [0.25, 0.3) is 5.09 Å². The highest BCUT2D eigenvalue weighted by Gasteiger charge is 2.32. The van der Waals surface area contributed by atoms with Crippen molar-refractivity contribution in [3.05, 3.63) is 35.5 Å². The van der Waals surface area contributed by atoms with Gasteiger partial charge in [0.2, 0.25) is 9.84 Å². The number of hydrogen-bond acceptors (Lipinski definition) is 7. The smallest absolute Gasteiger partial charge is 0.344 e. The van der Waals surface area contributed by atoms with Gasteiger partial charge in [0.1, 0.15) is 11.3 Å². The van der Waals surface area contributed by atoms with E-state index < -0.39 is 20.9 Å². The summed E-state index contributed by atoms with van der Waals surface area (Å²) in [5.74, 6) is -0.272. The van der Waals surface area contributed by atoms with Gasteiger partial charge in [0.05, 0.1) is 24.3 Å². The molecule has 0 unspecified atom stereocenters. The Balaban J connectivity index is 2.52. The number of aryl methyl sites for hydroxylation is 1. The van der Waals surface area contributed by atoms with Crippen LogP contribution in [0.5, 0.6) is 5.75 Å². The van der Waals surface area contributed by atoms with Gasteiger partial charge in [-0.15, -0.1) is 0 Å². The van der Waals surface area contributed by atoms with Crippen LogP contribution in [0.1, 0.15) is 23.0 Å². The van der Waals surface area contributed by atoms with Crippen LogP contribution in [0.2, 0.25) is 0 Å². The van der Waals surface area contributed by atoms with Crippen molar-refractivity contribution in [1.29, 1.82) is 0 Å². The van der Waals surface area contributed by atoms with Gasteiger partial charge < -0.3 is 14.0 Å². The standard InChI is InChI=1S/C14H15NO6S/c1-4-20-13(16)12-9(2)15-21-14(12)22(17,18)11-7-5-10(19-3)6-8-11/h5-8H,4H2,1-3H3. The number of rotatable bonds is 5. The summed E-state index contributed by atoms with van der Waals surface area (Å²) in [6.45, 7) is 3.21. The number of aromatic nitrogens is 1. The molecule has 0 bridgehead atoms. The molecular formula is C14H15NO6S. The molecule has 0 saturated heterocycles. The maximum Gasteiger partial charge on any atom is 0.344 e. The van der Waals surface area contributed by atoms with Crippen LogP contribution in [0, 0.1) is 6.92 Å². The van der Waals surface area contributed by atoms with Crippen LogP contribution >= 0.6 is 0 Å². The normalized spacial score (nSPS) is 11.2. The lowest BCUT2D eigenvalue weighted by molar-refractivity contribution is 0.0518. The minimum atomic E-state index is -4.02. The number of carbonyl (C=O) groups excluding carboxylic acids is 1. The molecule has 0 radical (unpaired) electrons. The third-order valence-electron chi connectivity index (χ3n) is 2.92. The third kappa shape index (κ3) is 2.82. The van der Waals surface area contributed by atoms with Crippen molar-refractivity contribution < 1.29 is 27.2 Å². The van der Waals surface area contributed by atoms with Gasteiger partial charge in [-0.25, -0.2) is 13.2 Å². The minimum Gasteiger partial charge on any atom is -0.497 e. The topological polar surface area (TPSA) is 95.7 Å². The minimum absolute atomic E-state index is 0.0324. The molecule has 0 fully saturated rings. The maximum atomic E-state index is 12.6. The molecule has 0 amide bonds. The van der Waals surface area contributed by atoms with Gasteiger partial charge in [-0.3, -0.25) is 0 Å². The highest BCUT2D eigenvalue weighted by molar-refractivity contribution is 7.91. The average Bonchev–Trinajstić information content (AvgIpc) is 2.90. The summed E-state index contributed by atoms with van der Waals surface area (Å²) in [6.07, 6.45) is 0. The van der Waals surface area contributed by atoms with E-state index >= 15 is 0 Å². The lowest BCUT2D eigenvalue weighted by atomic mass is 10.3. The van der Waals surface area contributed by atoms with Crippen molar-refractivity contribution in [2.24, 2.45) is 0 Å². The van der Waals surface area contributed by atoms with E-state index in [1.165, 1.54) is 38.3 Å². The molecule has 22 heavy (non-hydrogen) atoms. The first-order valence-corrected chi connectivity index (χ1v) is 7.92. The zero-order chi connectivity index (χ0) is 16.3. The molecule has 0 aliphatic carbocycles. The van der Waals surface area contributed by atoms with E-state index in [1.54, 1.807) is 6.92 Å². The van der Waals surface area contributed by atoms with E-state index in [2.05, 4.69) is 5.16 Å². The average molecular weight is 325 g/mol. The number of ether oxygens (including phenoxy) is 2. The molecule has 2 aromatic rings. The van der Waals surface area contributed by atoms with Crippen LogP contribution in [0.25, 0.3) is 0 Å². The van der Waals surface area contributed by atoms with Crippen LogP contribution in [-0.4, -0.2) is 33.3 Å². The molecule has 0 spiro atoms. The first kappa shape index (κ1) is 16.0. The fourth-order valence-electron chi connectivity index (χ4n) is 1.83. The molecule has 8 heteroatoms. The molecule has 0 atom stereocenters. The number of methoxy groups -OCH3 is 1. The summed E-state index contributed by atoms with van der Waals surface area (Å²) < 4.78 is 39.9. The van der Waals surface area contributed by atoms with Gasteiger partial charge in [-0.05, 0) is 38.1 Å². The van der Waals surface area contributed by atoms with Crippen LogP contribution in [-0.2, 0) is 14.6 Å². The maximum absolute atomic E-state index is 12.6. The van der Waals surface area contributed by atoms with Crippen LogP contribution < -0.4 is 4.74 Å². The van der Waals surface area contributed by atoms with Gasteiger partial charge >= 0.3 is 5.97 Å². The van der Waals surface area contributed by atoms with Gasteiger partial charge in [0.15, 0.2) is 0 Å². The zero-order valence-electron chi connectivity index (χ0n) is 12.3. The number of carbonyl (C=O) groups is 1. The predicted octanol–water partition coefficient (Wildman–Crippen LogP) is 2.00. The summed E-state index contributed by atoms with van der Waals surface area (Å²) in [5, 5.41) is 3.05. The predicted molar refractivity (Wildman–Crippen MR) is 75.6 cm³/mol. The molecular weight excluding hydrogens is 310 g/mol. The molecule has 0 aliphatic rings. The third-order valence-corrected chi connectivity index (χ3v) is 4.58. The number of sulfone groups is 1. The summed E-state index contributed by atoms with van der Waals surface area (Å²) in [7, 11) is -2.55. The second-order valence-corrected chi connectivity index (χ2v) is 6.18. The van der Waals surface area contributed by atoms with Crippen LogP contribution in [0.4, 0.5) is 0 Å². The molecule has 118 valence electrons. The van der Waals surface area contributed by atoms with Crippen LogP contribution in [0.3, 0.4) is 0 Å². The lowest BCUT2D eigenvalue weighted by Crippen LogP contribution is -2.11. The Kier molecular flexibility index (Phi) is 4.51. The highest BCUT2D eigenvalue weighted by Crippen LogP contribution is 2.27. The van der Waals surface area contributed by atoms with E-state index in [1.807, 2.05) is 0 Å². The Morgan fingerprint density at radius 1 is 1.27 bits per heavy atom. The van der Waals surface area contributed by atoms with E-state index in [4.69, 9.17) is 14.0 Å². The molecule has 1 aromatic carbocycles. The van der Waals surface area contributed by atoms with Crippen molar-refractivity contribution in [2.75, 3.05) is 13.7 Å². The summed E-state index contributed by atoms with van der Waals surface area (Å²) in [5.41, 5.74) is -0.0248. The Morgan fingerprint density at radius 3 is 2.45 bits per heavy atom. The fraction of sp³-hybridized carbons (Fsp3) is 0.286. The van der Waals surface area contributed by atoms with E-state index in [0.29, 0.717) is 5.75 Å². The number of hydrogen-bond donors (Lipinski definition) is 0. The molecule has 1 heterocycles. The zero-order valence-corrected chi connectivity index (χ0v) is 13.1. The van der Waals surface area contributed by atoms with Crippen molar-refractivity contribution in [3.63, 3.8) is 0 Å². The van der Waals surface area contributed by atoms with Gasteiger partial charge in [-0.2, -0.15) is 0 Å². The van der Waals surface area contributed by atoms with Crippen molar-refractivity contribution in [3.8, 4) is 5.75 Å². The first-order valence-electron chi connectivity index (χ1n) is 6.44. The summed E-state index contributed by atoms with van der Waals surface area (Å²) in [6, 6.07) is 5.72. The molecule has 7 nitrogen and oxygen atoms in total. The first-order chi connectivity index (χ1) is 10.4. The Morgan fingerprint density at radius 2 is 1.91 bits per heavy atom. The van der Waals surface area contributed by atoms with E-state index in [9.17, 15) is 13.2 Å². The van der Waals surface area contributed by atoms with E-state index in [-0.39, 0.29) is 22.8 Å². The summed E-state index contributed by atoms with van der Waals surface area (Å²) >= 11 is 0. The Labute approximate surface area is 127 Å². The second-order valence-electron chi connectivity index (χ2n) is 4.33. The number of esters is 1. The number of benzene rings is 1. The second kappa shape index (κ2) is 6.18. The Bertz CT molecular complexity index is 776. The summed E-state index contributed by atoms with van der Waals surface area (Å²) in [4.78, 5) is 11.9. The molecule has 1 aromatic heterocycles. The molecule has 0 N–H and O–H groups in total. The number of nitrogens with zero attached hydrogens (tertiary/aromatic N) is 1.